The Morgan fingerprint density at radius 3 is 2.77 bits per heavy atom. The normalized spacial score (nSPS) is 26.7. The number of nitrogens with one attached hydrogen (secondary N) is 1. The molecule has 2 aliphatic carbocycles. The van der Waals surface area contributed by atoms with Crippen LogP contribution in [0.2, 0.25) is 0 Å². The van der Waals surface area contributed by atoms with Gasteiger partial charge in [0.1, 0.15) is 0 Å². The summed E-state index contributed by atoms with van der Waals surface area (Å²) in [6.45, 7) is 4.28. The van der Waals surface area contributed by atoms with Gasteiger partial charge in [-0.2, -0.15) is 5.10 Å². The average molecular weight is 305 g/mol. The molecule has 0 saturated heterocycles. The van der Waals surface area contributed by atoms with E-state index in [4.69, 9.17) is 0 Å². The Balaban J connectivity index is 1.78. The van der Waals surface area contributed by atoms with E-state index in [1.54, 1.807) is 6.20 Å². The van der Waals surface area contributed by atoms with Crippen molar-refractivity contribution in [1.82, 2.24) is 15.1 Å². The summed E-state index contributed by atoms with van der Waals surface area (Å²) < 4.78 is 2.03. The Morgan fingerprint density at radius 1 is 1.41 bits per heavy atom. The second-order valence-electron chi connectivity index (χ2n) is 6.85. The first-order valence-corrected chi connectivity index (χ1v) is 8.68. The zero-order chi connectivity index (χ0) is 15.7. The quantitative estimate of drug-likeness (QED) is 0.879. The highest BCUT2D eigenvalue weighted by molar-refractivity contribution is 5.95. The number of aliphatic hydroxyl groups excluding tert-OH is 1. The van der Waals surface area contributed by atoms with Crippen molar-refractivity contribution >= 4 is 5.91 Å². The van der Waals surface area contributed by atoms with Crippen molar-refractivity contribution in [2.45, 2.75) is 82.9 Å². The lowest BCUT2D eigenvalue weighted by Gasteiger charge is -2.28. The smallest absolute Gasteiger partial charge is 0.255 e. The van der Waals surface area contributed by atoms with Gasteiger partial charge in [-0.15, -0.1) is 0 Å². The van der Waals surface area contributed by atoms with E-state index >= 15 is 0 Å². The molecular formula is C17H27N3O2. The molecule has 5 nitrogen and oxygen atoms in total. The Hall–Kier alpha value is -1.36. The predicted octanol–water partition coefficient (Wildman–Crippen LogP) is 2.76. The van der Waals surface area contributed by atoms with Crippen LogP contribution >= 0.6 is 0 Å². The summed E-state index contributed by atoms with van der Waals surface area (Å²) in [5.74, 6) is 0.413. The van der Waals surface area contributed by atoms with Crippen LogP contribution in [0.1, 0.15) is 86.8 Å². The molecule has 1 heterocycles. The van der Waals surface area contributed by atoms with E-state index in [0.29, 0.717) is 17.5 Å². The fourth-order valence-corrected chi connectivity index (χ4v) is 3.36. The molecule has 0 radical (unpaired) electrons. The third kappa shape index (κ3) is 3.05. The van der Waals surface area contributed by atoms with Crippen molar-refractivity contribution < 1.29 is 9.90 Å². The summed E-state index contributed by atoms with van der Waals surface area (Å²) in [4.78, 5) is 12.7. The number of rotatable bonds is 5. The van der Waals surface area contributed by atoms with E-state index in [0.717, 1.165) is 50.6 Å². The lowest BCUT2D eigenvalue weighted by atomic mass is 9.92. The largest absolute Gasteiger partial charge is 0.391 e. The zero-order valence-electron chi connectivity index (χ0n) is 13.6. The molecule has 0 bridgehead atoms. The van der Waals surface area contributed by atoms with Crippen LogP contribution in [0.3, 0.4) is 0 Å². The van der Waals surface area contributed by atoms with Crippen LogP contribution in [0.5, 0.6) is 0 Å². The topological polar surface area (TPSA) is 67.2 Å². The maximum Gasteiger partial charge on any atom is 0.255 e. The van der Waals surface area contributed by atoms with Gasteiger partial charge in [0, 0.05) is 12.0 Å². The summed E-state index contributed by atoms with van der Waals surface area (Å²) in [7, 11) is 0. The minimum atomic E-state index is -0.410. The molecule has 22 heavy (non-hydrogen) atoms. The van der Waals surface area contributed by atoms with E-state index in [2.05, 4.69) is 24.3 Å². The molecule has 3 rings (SSSR count). The molecule has 3 atom stereocenters. The lowest BCUT2D eigenvalue weighted by molar-refractivity contribution is 0.0716. The number of carbonyl (C=O) groups is 1. The Kier molecular flexibility index (Phi) is 4.52. The molecular weight excluding hydrogens is 278 g/mol. The van der Waals surface area contributed by atoms with Gasteiger partial charge in [0.2, 0.25) is 0 Å². The van der Waals surface area contributed by atoms with Gasteiger partial charge in [0.05, 0.1) is 29.6 Å². The maximum atomic E-state index is 12.7. The number of hydrogen-bond acceptors (Lipinski definition) is 3. The molecule has 5 heteroatoms. The van der Waals surface area contributed by atoms with Crippen LogP contribution < -0.4 is 5.32 Å². The predicted molar refractivity (Wildman–Crippen MR) is 84.9 cm³/mol. The average Bonchev–Trinajstić information content (AvgIpc) is 3.26. The number of nitrogens with zero attached hydrogens (tertiary/aromatic N) is 2. The van der Waals surface area contributed by atoms with Gasteiger partial charge < -0.3 is 10.4 Å². The third-order valence-corrected chi connectivity index (χ3v) is 5.10. The van der Waals surface area contributed by atoms with Gasteiger partial charge in [-0.05, 0) is 39.0 Å². The summed E-state index contributed by atoms with van der Waals surface area (Å²) in [5.41, 5.74) is 1.80. The number of amides is 1. The highest BCUT2D eigenvalue weighted by Gasteiger charge is 2.34. The first-order valence-electron chi connectivity index (χ1n) is 8.68. The molecule has 0 aromatic carbocycles. The molecule has 1 amide bonds. The number of carbonyl (C=O) groups excluding carboxylic acids is 1. The zero-order valence-corrected chi connectivity index (χ0v) is 13.6. The monoisotopic (exact) mass is 305 g/mol. The van der Waals surface area contributed by atoms with Crippen LogP contribution in [0.4, 0.5) is 0 Å². The van der Waals surface area contributed by atoms with Crippen molar-refractivity contribution in [3.8, 4) is 0 Å². The maximum absolute atomic E-state index is 12.7. The van der Waals surface area contributed by atoms with Gasteiger partial charge in [-0.25, -0.2) is 0 Å². The van der Waals surface area contributed by atoms with E-state index < -0.39 is 6.10 Å². The number of aromatic nitrogens is 2. The summed E-state index contributed by atoms with van der Waals surface area (Å²) in [6, 6.07) is 0.206. The van der Waals surface area contributed by atoms with Gasteiger partial charge in [-0.1, -0.05) is 19.8 Å². The van der Waals surface area contributed by atoms with Crippen molar-refractivity contribution in [2.24, 2.45) is 0 Å². The molecule has 2 N–H and O–H groups in total. The van der Waals surface area contributed by atoms with E-state index in [1.165, 1.54) is 0 Å². The number of aliphatic hydroxyl groups is 1. The minimum absolute atomic E-state index is 0.0672. The molecule has 2 aliphatic rings. The highest BCUT2D eigenvalue weighted by Crippen LogP contribution is 2.42. The van der Waals surface area contributed by atoms with Crippen LogP contribution in [-0.2, 0) is 0 Å². The fourth-order valence-electron chi connectivity index (χ4n) is 3.36. The molecule has 1 aromatic rings. The molecule has 2 fully saturated rings. The van der Waals surface area contributed by atoms with Crippen LogP contribution in [0.25, 0.3) is 0 Å². The molecule has 0 aliphatic heterocycles. The van der Waals surface area contributed by atoms with Crippen molar-refractivity contribution in [3.05, 3.63) is 17.5 Å². The number of hydrogen-bond donors (Lipinski definition) is 2. The Morgan fingerprint density at radius 2 is 2.14 bits per heavy atom. The van der Waals surface area contributed by atoms with Gasteiger partial charge in [0.15, 0.2) is 0 Å². The molecule has 122 valence electrons. The summed E-state index contributed by atoms with van der Waals surface area (Å²) >= 11 is 0. The van der Waals surface area contributed by atoms with Crippen LogP contribution in [-0.4, -0.2) is 32.9 Å². The lowest BCUT2D eigenvalue weighted by Crippen LogP contribution is -2.45. The second kappa shape index (κ2) is 6.41. The van der Waals surface area contributed by atoms with Gasteiger partial charge >= 0.3 is 0 Å². The second-order valence-corrected chi connectivity index (χ2v) is 6.85. The van der Waals surface area contributed by atoms with E-state index in [-0.39, 0.29) is 11.9 Å². The third-order valence-electron chi connectivity index (χ3n) is 5.10. The van der Waals surface area contributed by atoms with Crippen molar-refractivity contribution in [3.63, 3.8) is 0 Å². The molecule has 3 unspecified atom stereocenters. The minimum Gasteiger partial charge on any atom is -0.391 e. The Bertz CT molecular complexity index is 536. The van der Waals surface area contributed by atoms with E-state index in [9.17, 15) is 9.90 Å². The molecule has 2 saturated carbocycles. The fraction of sp³-hybridized carbons (Fsp3) is 0.765. The van der Waals surface area contributed by atoms with Gasteiger partial charge in [-0.3, -0.25) is 9.48 Å². The van der Waals surface area contributed by atoms with Gasteiger partial charge in [0.25, 0.3) is 5.91 Å². The van der Waals surface area contributed by atoms with Crippen LogP contribution in [0, 0.1) is 0 Å². The highest BCUT2D eigenvalue weighted by atomic mass is 16.3. The summed E-state index contributed by atoms with van der Waals surface area (Å²) in [6.07, 6.45) is 8.37. The Labute approximate surface area is 132 Å². The molecule has 1 aromatic heterocycles. The van der Waals surface area contributed by atoms with Crippen LogP contribution in [0.15, 0.2) is 6.20 Å². The first-order chi connectivity index (χ1) is 10.6. The first kappa shape index (κ1) is 15.5. The summed E-state index contributed by atoms with van der Waals surface area (Å²) in [5, 5.41) is 17.6. The standard InChI is InChI=1S/C17H27N3O2/c1-3-11(2)20-16(12-8-9-12)13(10-18-20)17(22)19-14-6-4-5-7-15(14)21/h10-12,14-15,21H,3-9H2,1-2H3,(H,19,22). The van der Waals surface area contributed by atoms with E-state index in [1.807, 2.05) is 4.68 Å². The SMILES string of the molecule is CCC(C)n1ncc(C(=O)NC2CCCCC2O)c1C1CC1. The van der Waals surface area contributed by atoms with Crippen molar-refractivity contribution in [2.75, 3.05) is 0 Å². The van der Waals surface area contributed by atoms with Crippen molar-refractivity contribution in [1.29, 1.82) is 0 Å². The molecule has 0 spiro atoms.